The minimum Gasteiger partial charge on any atom is -0.360 e. The Morgan fingerprint density at radius 3 is 2.75 bits per heavy atom. The van der Waals surface area contributed by atoms with Crippen molar-refractivity contribution in [1.29, 1.82) is 0 Å². The van der Waals surface area contributed by atoms with Crippen LogP contribution in [0.3, 0.4) is 0 Å². The zero-order valence-corrected chi connectivity index (χ0v) is 12.7. The fourth-order valence-corrected chi connectivity index (χ4v) is 3.57. The average Bonchev–Trinajstić information content (AvgIpc) is 2.86. The van der Waals surface area contributed by atoms with Crippen molar-refractivity contribution in [3.8, 4) is 0 Å². The molecule has 4 nitrogen and oxygen atoms in total. The van der Waals surface area contributed by atoms with Gasteiger partial charge in [-0.05, 0) is 38.1 Å². The third-order valence-corrected chi connectivity index (χ3v) is 4.58. The lowest BCUT2D eigenvalue weighted by Gasteiger charge is -2.07. The number of hydrogen-bond donors (Lipinski definition) is 1. The smallest absolute Gasteiger partial charge is 0.206 e. The lowest BCUT2D eigenvalue weighted by Crippen LogP contribution is -2.13. The van der Waals surface area contributed by atoms with Gasteiger partial charge in [-0.2, -0.15) is 0 Å². The number of Topliss-reactive ketones (excluding diaryl/α,β-unsaturated/α-hetero) is 1. The first kappa shape index (κ1) is 14.9. The summed E-state index contributed by atoms with van der Waals surface area (Å²) in [6.45, 7) is 4.57. The molecule has 0 amide bonds. The van der Waals surface area contributed by atoms with Crippen molar-refractivity contribution in [2.75, 3.05) is 11.9 Å². The summed E-state index contributed by atoms with van der Waals surface area (Å²) in [6.07, 6.45) is 0. The molecule has 1 N–H and O–H groups in total. The summed E-state index contributed by atoms with van der Waals surface area (Å²) < 4.78 is 13.6. The molecule has 1 heterocycles. The van der Waals surface area contributed by atoms with E-state index in [0.29, 0.717) is 5.56 Å². The molecular formula is C13H14FN3OS2. The van der Waals surface area contributed by atoms with Crippen LogP contribution in [0, 0.1) is 5.82 Å². The second-order valence-corrected chi connectivity index (χ2v) is 6.60. The molecule has 0 fully saturated rings. The Balaban J connectivity index is 2.01. The van der Waals surface area contributed by atoms with Gasteiger partial charge >= 0.3 is 0 Å². The Labute approximate surface area is 124 Å². The SMILES string of the molecule is CCNc1nnc(S[C@H](C)C(=O)c2ccc(F)cc2)s1. The van der Waals surface area contributed by atoms with E-state index in [1.165, 1.54) is 47.4 Å². The molecule has 20 heavy (non-hydrogen) atoms. The number of carbonyl (C=O) groups excluding carboxylic acids is 1. The van der Waals surface area contributed by atoms with E-state index in [0.717, 1.165) is 16.0 Å². The molecule has 0 aliphatic carbocycles. The highest BCUT2D eigenvalue weighted by Crippen LogP contribution is 2.30. The maximum absolute atomic E-state index is 12.8. The van der Waals surface area contributed by atoms with Gasteiger partial charge in [-0.1, -0.05) is 23.1 Å². The number of nitrogens with one attached hydrogen (secondary N) is 1. The van der Waals surface area contributed by atoms with Crippen LogP contribution < -0.4 is 5.32 Å². The van der Waals surface area contributed by atoms with Crippen LogP contribution in [0.2, 0.25) is 0 Å². The van der Waals surface area contributed by atoms with Gasteiger partial charge in [0.15, 0.2) is 10.1 Å². The number of carbonyl (C=O) groups is 1. The highest BCUT2D eigenvalue weighted by molar-refractivity contribution is 8.02. The van der Waals surface area contributed by atoms with E-state index in [-0.39, 0.29) is 16.9 Å². The van der Waals surface area contributed by atoms with Crippen LogP contribution in [0.25, 0.3) is 0 Å². The molecular weight excluding hydrogens is 297 g/mol. The van der Waals surface area contributed by atoms with Gasteiger partial charge in [0, 0.05) is 12.1 Å². The van der Waals surface area contributed by atoms with E-state index in [4.69, 9.17) is 0 Å². The zero-order chi connectivity index (χ0) is 14.5. The molecule has 1 atom stereocenters. The van der Waals surface area contributed by atoms with Gasteiger partial charge in [-0.25, -0.2) is 4.39 Å². The highest BCUT2D eigenvalue weighted by atomic mass is 32.2. The fourth-order valence-electron chi connectivity index (χ4n) is 1.53. The Morgan fingerprint density at radius 2 is 2.10 bits per heavy atom. The number of nitrogens with zero attached hydrogens (tertiary/aromatic N) is 2. The van der Waals surface area contributed by atoms with Crippen LogP contribution in [0.5, 0.6) is 0 Å². The van der Waals surface area contributed by atoms with Gasteiger partial charge in [0.1, 0.15) is 5.82 Å². The Morgan fingerprint density at radius 1 is 1.40 bits per heavy atom. The number of halogens is 1. The molecule has 7 heteroatoms. The molecule has 2 rings (SSSR count). The average molecular weight is 311 g/mol. The van der Waals surface area contributed by atoms with Crippen molar-refractivity contribution < 1.29 is 9.18 Å². The first-order valence-electron chi connectivity index (χ1n) is 6.14. The summed E-state index contributed by atoms with van der Waals surface area (Å²) in [5, 5.41) is 11.5. The van der Waals surface area contributed by atoms with E-state index in [2.05, 4.69) is 15.5 Å². The van der Waals surface area contributed by atoms with E-state index in [9.17, 15) is 9.18 Å². The topological polar surface area (TPSA) is 54.9 Å². The summed E-state index contributed by atoms with van der Waals surface area (Å²) in [4.78, 5) is 12.2. The normalized spacial score (nSPS) is 12.2. The second-order valence-electron chi connectivity index (χ2n) is 4.03. The summed E-state index contributed by atoms with van der Waals surface area (Å²) in [6, 6.07) is 5.58. The number of hydrogen-bond acceptors (Lipinski definition) is 6. The molecule has 0 saturated carbocycles. The highest BCUT2D eigenvalue weighted by Gasteiger charge is 2.18. The summed E-state index contributed by atoms with van der Waals surface area (Å²) in [7, 11) is 0. The largest absolute Gasteiger partial charge is 0.360 e. The first-order valence-corrected chi connectivity index (χ1v) is 7.83. The van der Waals surface area contributed by atoms with Crippen molar-refractivity contribution >= 4 is 34.0 Å². The number of aromatic nitrogens is 2. The van der Waals surface area contributed by atoms with E-state index in [1.54, 1.807) is 0 Å². The van der Waals surface area contributed by atoms with E-state index < -0.39 is 0 Å². The fraction of sp³-hybridized carbons (Fsp3) is 0.308. The van der Waals surface area contributed by atoms with Crippen molar-refractivity contribution in [2.24, 2.45) is 0 Å². The number of rotatable bonds is 6. The van der Waals surface area contributed by atoms with Gasteiger partial charge in [0.05, 0.1) is 5.25 Å². The van der Waals surface area contributed by atoms with Gasteiger partial charge < -0.3 is 5.32 Å². The molecule has 1 aromatic heterocycles. The van der Waals surface area contributed by atoms with Crippen LogP contribution in [-0.2, 0) is 0 Å². The lowest BCUT2D eigenvalue weighted by atomic mass is 10.1. The van der Waals surface area contributed by atoms with E-state index in [1.807, 2.05) is 13.8 Å². The van der Waals surface area contributed by atoms with Gasteiger partial charge in [0.25, 0.3) is 0 Å². The third-order valence-electron chi connectivity index (χ3n) is 2.51. The van der Waals surface area contributed by atoms with E-state index >= 15 is 0 Å². The Kier molecular flexibility index (Phi) is 5.08. The molecule has 0 unspecified atom stereocenters. The standard InChI is InChI=1S/C13H14FN3OS2/c1-3-15-12-16-17-13(20-12)19-8(2)11(18)9-4-6-10(14)7-5-9/h4-8H,3H2,1-2H3,(H,15,16)/t8-/m1/s1. The van der Waals surface area contributed by atoms with Gasteiger partial charge in [0.2, 0.25) is 5.13 Å². The summed E-state index contributed by atoms with van der Waals surface area (Å²) >= 11 is 2.78. The van der Waals surface area contributed by atoms with Crippen LogP contribution in [-0.4, -0.2) is 27.8 Å². The minimum absolute atomic E-state index is 0.0461. The van der Waals surface area contributed by atoms with Crippen LogP contribution in [0.1, 0.15) is 24.2 Å². The molecule has 0 aliphatic rings. The van der Waals surface area contributed by atoms with Crippen LogP contribution in [0.15, 0.2) is 28.6 Å². The predicted octanol–water partition coefficient (Wildman–Crippen LogP) is 3.47. The number of anilines is 1. The predicted molar refractivity (Wildman–Crippen MR) is 80.1 cm³/mol. The van der Waals surface area contributed by atoms with Crippen LogP contribution >= 0.6 is 23.1 Å². The summed E-state index contributed by atoms with van der Waals surface area (Å²) in [5.41, 5.74) is 0.503. The Hall–Kier alpha value is -1.47. The van der Waals surface area contributed by atoms with Crippen molar-refractivity contribution in [3.05, 3.63) is 35.6 Å². The van der Waals surface area contributed by atoms with Gasteiger partial charge in [-0.15, -0.1) is 10.2 Å². The third kappa shape index (κ3) is 3.77. The quantitative estimate of drug-likeness (QED) is 0.654. The molecule has 2 aromatic rings. The molecule has 0 radical (unpaired) electrons. The maximum Gasteiger partial charge on any atom is 0.206 e. The minimum atomic E-state index is -0.346. The van der Waals surface area contributed by atoms with Crippen molar-refractivity contribution in [3.63, 3.8) is 0 Å². The van der Waals surface area contributed by atoms with Crippen molar-refractivity contribution in [1.82, 2.24) is 10.2 Å². The summed E-state index contributed by atoms with van der Waals surface area (Å²) in [5.74, 6) is -0.392. The van der Waals surface area contributed by atoms with Crippen molar-refractivity contribution in [2.45, 2.75) is 23.4 Å². The molecule has 1 aromatic carbocycles. The monoisotopic (exact) mass is 311 g/mol. The molecule has 0 spiro atoms. The molecule has 106 valence electrons. The molecule has 0 saturated heterocycles. The number of thioether (sulfide) groups is 1. The molecule has 0 bridgehead atoms. The lowest BCUT2D eigenvalue weighted by molar-refractivity contribution is 0.0994. The molecule has 0 aliphatic heterocycles. The first-order chi connectivity index (χ1) is 9.60. The van der Waals surface area contributed by atoms with Gasteiger partial charge in [-0.3, -0.25) is 4.79 Å². The number of ketones is 1. The van der Waals surface area contributed by atoms with Crippen LogP contribution in [0.4, 0.5) is 9.52 Å². The number of benzene rings is 1. The second kappa shape index (κ2) is 6.81. The maximum atomic E-state index is 12.8. The zero-order valence-electron chi connectivity index (χ0n) is 11.1. The Bertz CT molecular complexity index is 586.